The van der Waals surface area contributed by atoms with Crippen LogP contribution < -0.4 is 5.73 Å². The highest BCUT2D eigenvalue weighted by Gasteiger charge is 2.47. The molecular formula is C18H23N6O15P3. The van der Waals surface area contributed by atoms with Crippen LogP contribution in [0, 0.1) is 10.1 Å². The van der Waals surface area contributed by atoms with Crippen molar-refractivity contribution >= 4 is 46.1 Å². The summed E-state index contributed by atoms with van der Waals surface area (Å²) >= 11 is 0. The maximum absolute atomic E-state index is 12.3. The molecule has 1 fully saturated rings. The third kappa shape index (κ3) is 7.24. The van der Waals surface area contributed by atoms with E-state index in [1.54, 1.807) is 0 Å². The number of hydrogen-bond donors (Lipinski definition) is 6. The fourth-order valence-electron chi connectivity index (χ4n) is 3.89. The van der Waals surface area contributed by atoms with Gasteiger partial charge in [0.2, 0.25) is 0 Å². The van der Waals surface area contributed by atoms with Crippen molar-refractivity contribution in [3.05, 3.63) is 52.6 Å². The first-order valence-electron chi connectivity index (χ1n) is 11.4. The SMILES string of the molecule is C[C@@H](OP(=O)(O)OP(=O)(O)OP(=O)(O)OC[C@H]1O[C@@H](n2cnc3c(N)ncnc32)[C@H](O)[C@@H]1O)c1ccccc1[15N+](=O)[O-]. The van der Waals surface area contributed by atoms with E-state index in [0.29, 0.717) is 0 Å². The van der Waals surface area contributed by atoms with E-state index >= 15 is 0 Å². The van der Waals surface area contributed by atoms with Gasteiger partial charge >= 0.3 is 23.5 Å². The summed E-state index contributed by atoms with van der Waals surface area (Å²) in [6.45, 7) is 0.0924. The first-order valence-corrected chi connectivity index (χ1v) is 15.9. The van der Waals surface area contributed by atoms with Crippen molar-refractivity contribution in [3.63, 3.8) is 0 Å². The van der Waals surface area contributed by atoms with Gasteiger partial charge in [0.15, 0.2) is 17.7 Å². The van der Waals surface area contributed by atoms with Crippen LogP contribution in [0.25, 0.3) is 11.2 Å². The van der Waals surface area contributed by atoms with Gasteiger partial charge in [0.1, 0.15) is 30.2 Å². The van der Waals surface area contributed by atoms with Crippen molar-refractivity contribution in [2.45, 2.75) is 37.6 Å². The monoisotopic (exact) mass is 657 g/mol. The van der Waals surface area contributed by atoms with Gasteiger partial charge in [0.05, 0.1) is 29.5 Å². The zero-order valence-corrected chi connectivity index (χ0v) is 23.7. The number of phosphoric acid groups is 3. The van der Waals surface area contributed by atoms with Gasteiger partial charge in [0, 0.05) is 6.07 Å². The largest absolute Gasteiger partial charge is 0.490 e. The molecule has 1 saturated heterocycles. The van der Waals surface area contributed by atoms with Crippen LogP contribution in [0.4, 0.5) is 11.5 Å². The number of aromatic nitrogens is 4. The molecule has 0 spiro atoms. The highest BCUT2D eigenvalue weighted by Crippen LogP contribution is 2.68. The molecule has 3 aromatic rings. The van der Waals surface area contributed by atoms with Gasteiger partial charge < -0.3 is 35.4 Å². The van der Waals surface area contributed by atoms with E-state index in [9.17, 15) is 48.7 Å². The standard InChI is InChI=1S/C18H23N6O15P3/c1-9(10-4-2-3-5-11(10)24(27)28)37-41(31,32)39-42(33,34)38-40(29,30)35-6-12-14(25)15(26)18(36-12)23-8-22-13-16(19)20-7-21-17(13)23/h2-5,7-9,12,14-15,18,25-26H,6H2,1H3,(H,29,30)(H,31,32)(H,33,34)(H2,19,20,21)/t9-,12-,14-,15-,18-/m1/s1/i24+1. The van der Waals surface area contributed by atoms with E-state index in [1.807, 2.05) is 0 Å². The van der Waals surface area contributed by atoms with Crippen LogP contribution >= 0.6 is 23.5 Å². The topological polar surface area (TPSA) is 311 Å². The number of hydrogen-bond acceptors (Lipinski definition) is 16. The summed E-state index contributed by atoms with van der Waals surface area (Å²) in [7, 11) is -17.0. The summed E-state index contributed by atoms with van der Waals surface area (Å²) in [6.07, 6.45) is -5.44. The summed E-state index contributed by atoms with van der Waals surface area (Å²) in [5.74, 6) is 0.0225. The molecule has 0 aliphatic carbocycles. The second kappa shape index (κ2) is 12.1. The molecule has 7 N–H and O–H groups in total. The van der Waals surface area contributed by atoms with Gasteiger partial charge in [-0.15, -0.1) is 0 Å². The molecule has 4 rings (SSSR count). The number of imidazole rings is 1. The maximum atomic E-state index is 12.3. The molecule has 0 amide bonds. The van der Waals surface area contributed by atoms with E-state index in [0.717, 1.165) is 19.3 Å². The fraction of sp³-hybridized carbons (Fsp3) is 0.389. The molecule has 24 heteroatoms. The Balaban J connectivity index is 1.37. The molecule has 0 bridgehead atoms. The van der Waals surface area contributed by atoms with Gasteiger partial charge in [0.25, 0.3) is 5.69 Å². The number of rotatable bonds is 12. The Kier molecular flexibility index (Phi) is 9.27. The minimum absolute atomic E-state index is 0.0225. The van der Waals surface area contributed by atoms with Crippen LogP contribution in [0.5, 0.6) is 0 Å². The number of benzene rings is 1. The van der Waals surface area contributed by atoms with Crippen molar-refractivity contribution < 1.29 is 65.9 Å². The number of fused-ring (bicyclic) bond motifs is 1. The fourth-order valence-corrected chi connectivity index (χ4v) is 7.56. The Hall–Kier alpha value is -2.74. The minimum atomic E-state index is -5.89. The average Bonchev–Trinajstić information content (AvgIpc) is 3.42. The molecule has 0 saturated carbocycles. The minimum Gasteiger partial charge on any atom is -0.387 e. The number of aliphatic hydroxyl groups excluding tert-OH is 2. The quantitative estimate of drug-likeness (QED) is 0.0686. The molecule has 8 atom stereocenters. The first-order chi connectivity index (χ1) is 19.5. The second-order valence-electron chi connectivity index (χ2n) is 8.56. The summed E-state index contributed by atoms with van der Waals surface area (Å²) < 4.78 is 60.8. The molecule has 1 aromatic carbocycles. The molecule has 42 heavy (non-hydrogen) atoms. The lowest BCUT2D eigenvalue weighted by molar-refractivity contribution is -0.386. The number of nitrogens with zero attached hydrogens (tertiary/aromatic N) is 5. The van der Waals surface area contributed by atoms with Gasteiger partial charge in [-0.3, -0.25) is 23.7 Å². The molecular weight excluding hydrogens is 634 g/mol. The Bertz CT molecular complexity index is 1620. The second-order valence-corrected chi connectivity index (χ2v) is 13.1. The van der Waals surface area contributed by atoms with Gasteiger partial charge in [-0.25, -0.2) is 28.6 Å². The number of nitrogens with two attached hydrogens (primary N) is 1. The Morgan fingerprint density at radius 1 is 1.07 bits per heavy atom. The van der Waals surface area contributed by atoms with Gasteiger partial charge in [-0.1, -0.05) is 12.1 Å². The van der Waals surface area contributed by atoms with E-state index in [2.05, 4.69) is 32.6 Å². The highest BCUT2D eigenvalue weighted by atomic mass is 31.3. The van der Waals surface area contributed by atoms with Gasteiger partial charge in [-0.05, 0) is 13.0 Å². The summed E-state index contributed by atoms with van der Waals surface area (Å²) in [5, 5.41) is 32.0. The van der Waals surface area contributed by atoms with Crippen LogP contribution in [-0.4, -0.2) is 74.3 Å². The summed E-state index contributed by atoms with van der Waals surface area (Å²) in [6, 6.07) is 4.94. The number of nitro benzene ring substituents is 1. The van der Waals surface area contributed by atoms with Gasteiger partial charge in [-0.2, -0.15) is 8.62 Å². The van der Waals surface area contributed by atoms with Crippen molar-refractivity contribution in [2.24, 2.45) is 0 Å². The predicted octanol–water partition coefficient (Wildman–Crippen LogP) is 1.06. The zero-order chi connectivity index (χ0) is 31.0. The Morgan fingerprint density at radius 2 is 1.74 bits per heavy atom. The van der Waals surface area contributed by atoms with Crippen LogP contribution in [-0.2, 0) is 36.1 Å². The summed E-state index contributed by atoms with van der Waals surface area (Å²) in [4.78, 5) is 51.7. The number of para-hydroxylation sites is 1. The zero-order valence-electron chi connectivity index (χ0n) is 21.0. The Labute approximate surface area is 234 Å². The third-order valence-electron chi connectivity index (χ3n) is 5.68. The van der Waals surface area contributed by atoms with Crippen LogP contribution in [0.2, 0.25) is 0 Å². The molecule has 1 aliphatic rings. The lowest BCUT2D eigenvalue weighted by Gasteiger charge is -2.21. The molecule has 3 heterocycles. The predicted molar refractivity (Wildman–Crippen MR) is 136 cm³/mol. The molecule has 21 nitrogen and oxygen atoms in total. The molecule has 0 radical (unpaired) electrons. The maximum Gasteiger partial charge on any atom is 0.490 e. The third-order valence-corrected chi connectivity index (χ3v) is 10.0. The van der Waals surface area contributed by atoms with Crippen LogP contribution in [0.15, 0.2) is 36.9 Å². The number of ether oxygens (including phenoxy) is 1. The van der Waals surface area contributed by atoms with Crippen molar-refractivity contribution in [2.75, 3.05) is 12.3 Å². The molecule has 3 unspecified atom stereocenters. The van der Waals surface area contributed by atoms with Crippen molar-refractivity contribution in [1.82, 2.24) is 19.5 Å². The Morgan fingerprint density at radius 3 is 2.43 bits per heavy atom. The van der Waals surface area contributed by atoms with Crippen molar-refractivity contribution in [1.29, 1.82) is 0 Å². The summed E-state index contributed by atoms with van der Waals surface area (Å²) in [5.41, 5.74) is 5.32. The molecule has 1 aliphatic heterocycles. The smallest absolute Gasteiger partial charge is 0.387 e. The average molecular weight is 657 g/mol. The number of nitrogen functional groups attached to an aromatic ring is 1. The van der Waals surface area contributed by atoms with E-state index in [1.165, 1.54) is 29.1 Å². The molecule has 2 aromatic heterocycles. The number of nitro groups is 1. The van der Waals surface area contributed by atoms with Crippen molar-refractivity contribution in [3.8, 4) is 0 Å². The number of aliphatic hydroxyl groups is 2. The lowest BCUT2D eigenvalue weighted by atomic mass is 10.1. The van der Waals surface area contributed by atoms with E-state index < -0.39 is 71.3 Å². The van der Waals surface area contributed by atoms with Crippen LogP contribution in [0.3, 0.4) is 0 Å². The number of phosphoric ester groups is 2. The normalized spacial score (nSPS) is 25.9. The lowest BCUT2D eigenvalue weighted by Crippen LogP contribution is -2.33. The van der Waals surface area contributed by atoms with E-state index in [-0.39, 0.29) is 22.5 Å². The van der Waals surface area contributed by atoms with E-state index in [4.69, 9.17) is 10.5 Å². The highest BCUT2D eigenvalue weighted by molar-refractivity contribution is 7.66. The van der Waals surface area contributed by atoms with Crippen LogP contribution in [0.1, 0.15) is 24.8 Å². The molecule has 230 valence electrons. The first kappa shape index (κ1) is 32.2. The number of anilines is 1.